The third-order valence-corrected chi connectivity index (χ3v) is 3.35. The van der Waals surface area contributed by atoms with E-state index in [1.165, 1.54) is 25.3 Å². The van der Waals surface area contributed by atoms with Gasteiger partial charge < -0.3 is 25.6 Å². The first kappa shape index (κ1) is 12.1. The summed E-state index contributed by atoms with van der Waals surface area (Å²) in [6.45, 7) is 0. The predicted octanol–water partition coefficient (Wildman–Crippen LogP) is 0.848. The maximum atomic E-state index is 9.95. The zero-order valence-corrected chi connectivity index (χ0v) is 10.4. The van der Waals surface area contributed by atoms with Crippen molar-refractivity contribution in [1.82, 2.24) is 4.73 Å². The summed E-state index contributed by atoms with van der Waals surface area (Å²) >= 11 is 0. The number of pyridine rings is 1. The normalized spacial score (nSPS) is 11.2. The van der Waals surface area contributed by atoms with Gasteiger partial charge in [-0.2, -0.15) is 0 Å². The molecule has 0 aliphatic carbocycles. The van der Waals surface area contributed by atoms with Crippen molar-refractivity contribution < 1.29 is 20.2 Å². The SMILES string of the molecule is COc1cc2c(O)n(O)c(O)c3ccc(=N)c(c1=N)c32. The van der Waals surface area contributed by atoms with Gasteiger partial charge in [0, 0.05) is 16.2 Å². The minimum absolute atomic E-state index is 0.00918. The minimum Gasteiger partial charge on any atom is -0.494 e. The van der Waals surface area contributed by atoms with Gasteiger partial charge in [0.05, 0.1) is 17.9 Å². The third-order valence-electron chi connectivity index (χ3n) is 3.35. The van der Waals surface area contributed by atoms with Crippen molar-refractivity contribution >= 4 is 21.5 Å². The fourth-order valence-electron chi connectivity index (χ4n) is 2.39. The molecule has 0 spiro atoms. The molecule has 1 aromatic heterocycles. The summed E-state index contributed by atoms with van der Waals surface area (Å²) in [6.07, 6.45) is 0. The largest absolute Gasteiger partial charge is 0.494 e. The number of nitrogens with zero attached hydrogens (tertiary/aromatic N) is 1. The number of ether oxygens (including phenoxy) is 1. The van der Waals surface area contributed by atoms with E-state index >= 15 is 0 Å². The van der Waals surface area contributed by atoms with Crippen LogP contribution < -0.4 is 15.5 Å². The van der Waals surface area contributed by atoms with E-state index in [9.17, 15) is 15.4 Å². The Hall–Kier alpha value is -2.96. The molecule has 3 aromatic rings. The van der Waals surface area contributed by atoms with E-state index in [2.05, 4.69) is 0 Å². The highest BCUT2D eigenvalue weighted by atomic mass is 16.5. The van der Waals surface area contributed by atoms with Crippen LogP contribution in [0.2, 0.25) is 0 Å². The van der Waals surface area contributed by atoms with Crippen LogP contribution in [-0.4, -0.2) is 27.3 Å². The van der Waals surface area contributed by atoms with Crippen LogP contribution >= 0.6 is 0 Å². The van der Waals surface area contributed by atoms with Crippen LogP contribution in [0.1, 0.15) is 0 Å². The van der Waals surface area contributed by atoms with E-state index in [4.69, 9.17) is 15.6 Å². The van der Waals surface area contributed by atoms with E-state index in [1.807, 2.05) is 0 Å². The summed E-state index contributed by atoms with van der Waals surface area (Å²) in [6, 6.07) is 4.25. The lowest BCUT2D eigenvalue weighted by molar-refractivity contribution is 0.129. The van der Waals surface area contributed by atoms with E-state index < -0.39 is 11.8 Å². The second-order valence-corrected chi connectivity index (χ2v) is 4.37. The zero-order chi connectivity index (χ0) is 14.6. The van der Waals surface area contributed by atoms with E-state index in [0.29, 0.717) is 5.39 Å². The maximum Gasteiger partial charge on any atom is 0.237 e. The first-order chi connectivity index (χ1) is 9.47. The van der Waals surface area contributed by atoms with E-state index in [-0.39, 0.29) is 37.4 Å². The number of hydrogen-bond donors (Lipinski definition) is 5. The van der Waals surface area contributed by atoms with Crippen molar-refractivity contribution in [3.63, 3.8) is 0 Å². The highest BCUT2D eigenvalue weighted by Gasteiger charge is 2.19. The average Bonchev–Trinajstić information content (AvgIpc) is 2.44. The molecular formula is C13H11N3O4. The number of nitrogens with one attached hydrogen (secondary N) is 2. The Morgan fingerprint density at radius 2 is 1.70 bits per heavy atom. The molecular weight excluding hydrogens is 262 g/mol. The molecule has 0 fully saturated rings. The summed E-state index contributed by atoms with van der Waals surface area (Å²) in [5.41, 5.74) is 0. The first-order valence-electron chi connectivity index (χ1n) is 5.69. The van der Waals surface area contributed by atoms with Crippen LogP contribution in [0.5, 0.6) is 17.5 Å². The van der Waals surface area contributed by atoms with Crippen LogP contribution in [0.3, 0.4) is 0 Å². The fourth-order valence-corrected chi connectivity index (χ4v) is 2.39. The average molecular weight is 273 g/mol. The van der Waals surface area contributed by atoms with Gasteiger partial charge in [0.2, 0.25) is 11.8 Å². The third kappa shape index (κ3) is 1.28. The van der Waals surface area contributed by atoms with Crippen LogP contribution in [-0.2, 0) is 0 Å². The summed E-state index contributed by atoms with van der Waals surface area (Å²) < 4.78 is 5.31. The fraction of sp³-hybridized carbons (Fsp3) is 0.0769. The van der Waals surface area contributed by atoms with Gasteiger partial charge in [0.1, 0.15) is 11.1 Å². The highest BCUT2D eigenvalue weighted by molar-refractivity contribution is 6.13. The molecule has 3 rings (SSSR count). The van der Waals surface area contributed by atoms with Crippen molar-refractivity contribution in [2.45, 2.75) is 0 Å². The Morgan fingerprint density at radius 1 is 1.05 bits per heavy atom. The number of benzene rings is 2. The lowest BCUT2D eigenvalue weighted by Crippen LogP contribution is -2.15. The molecule has 0 aliphatic heterocycles. The summed E-state index contributed by atoms with van der Waals surface area (Å²) in [7, 11) is 1.37. The molecule has 0 saturated carbocycles. The molecule has 0 radical (unpaired) electrons. The quantitative estimate of drug-likeness (QED) is 0.422. The minimum atomic E-state index is -0.580. The molecule has 20 heavy (non-hydrogen) atoms. The molecule has 0 aliphatic rings. The van der Waals surface area contributed by atoms with Gasteiger partial charge in [-0.3, -0.25) is 5.41 Å². The number of aromatic hydroxyl groups is 2. The molecule has 0 amide bonds. The molecule has 102 valence electrons. The maximum absolute atomic E-state index is 9.95. The molecule has 0 bridgehead atoms. The lowest BCUT2D eigenvalue weighted by Gasteiger charge is -2.14. The smallest absolute Gasteiger partial charge is 0.237 e. The van der Waals surface area contributed by atoms with Crippen molar-refractivity contribution in [2.75, 3.05) is 7.11 Å². The standard InChI is InChI=1S/C13H11N3O4/c1-20-8-4-6-9-5(12(17)16(19)13(6)18)2-3-7(14)10(9)11(8)15/h2-4,14-15,17-19H,1H3. The number of methoxy groups -OCH3 is 1. The zero-order valence-electron chi connectivity index (χ0n) is 10.4. The molecule has 0 saturated heterocycles. The molecule has 5 N–H and O–H groups in total. The van der Waals surface area contributed by atoms with Gasteiger partial charge in [-0.15, -0.1) is 4.73 Å². The molecule has 7 nitrogen and oxygen atoms in total. The second-order valence-electron chi connectivity index (χ2n) is 4.37. The van der Waals surface area contributed by atoms with Crippen molar-refractivity contribution in [1.29, 1.82) is 10.8 Å². The van der Waals surface area contributed by atoms with Crippen LogP contribution in [0.15, 0.2) is 18.2 Å². The highest BCUT2D eigenvalue weighted by Crippen LogP contribution is 2.37. The van der Waals surface area contributed by atoms with Crippen molar-refractivity contribution in [3.8, 4) is 17.5 Å². The molecule has 0 unspecified atom stereocenters. The van der Waals surface area contributed by atoms with Crippen LogP contribution in [0.4, 0.5) is 0 Å². The molecule has 1 heterocycles. The Balaban J connectivity index is 2.81. The van der Waals surface area contributed by atoms with Gasteiger partial charge in [0.15, 0.2) is 0 Å². The van der Waals surface area contributed by atoms with Gasteiger partial charge in [-0.1, -0.05) is 0 Å². The summed E-state index contributed by atoms with van der Waals surface area (Å²) in [5, 5.41) is 46.5. The van der Waals surface area contributed by atoms with Gasteiger partial charge >= 0.3 is 0 Å². The molecule has 0 atom stereocenters. The van der Waals surface area contributed by atoms with Crippen molar-refractivity contribution in [2.24, 2.45) is 0 Å². The Morgan fingerprint density at radius 3 is 2.35 bits per heavy atom. The monoisotopic (exact) mass is 273 g/mol. The molecule has 2 aromatic carbocycles. The van der Waals surface area contributed by atoms with Gasteiger partial charge in [-0.05, 0) is 18.2 Å². The predicted molar refractivity (Wildman–Crippen MR) is 69.4 cm³/mol. The lowest BCUT2D eigenvalue weighted by atomic mass is 10.0. The first-order valence-corrected chi connectivity index (χ1v) is 5.69. The number of rotatable bonds is 1. The van der Waals surface area contributed by atoms with Crippen LogP contribution in [0.25, 0.3) is 21.5 Å². The second kappa shape index (κ2) is 3.77. The summed E-state index contributed by atoms with van der Waals surface area (Å²) in [5.74, 6) is -0.965. The topological polar surface area (TPSA) is 123 Å². The Kier molecular flexibility index (Phi) is 2.28. The Labute approximate surface area is 111 Å². The summed E-state index contributed by atoms with van der Waals surface area (Å²) in [4.78, 5) is 0. The van der Waals surface area contributed by atoms with Gasteiger partial charge in [0.25, 0.3) is 0 Å². The Bertz CT molecular complexity index is 962. The van der Waals surface area contributed by atoms with Gasteiger partial charge in [-0.25, -0.2) is 0 Å². The number of aromatic nitrogens is 1. The van der Waals surface area contributed by atoms with Crippen LogP contribution in [0, 0.1) is 10.8 Å². The van der Waals surface area contributed by atoms with E-state index in [1.54, 1.807) is 0 Å². The van der Waals surface area contributed by atoms with E-state index in [0.717, 1.165) is 0 Å². The van der Waals surface area contributed by atoms with Crippen molar-refractivity contribution in [3.05, 3.63) is 28.9 Å². The number of hydrogen-bond acceptors (Lipinski definition) is 6. The molecule has 7 heteroatoms.